The van der Waals surface area contributed by atoms with E-state index in [1.165, 1.54) is 10.4 Å². The van der Waals surface area contributed by atoms with Gasteiger partial charge in [-0.25, -0.2) is 8.42 Å². The van der Waals surface area contributed by atoms with Crippen LogP contribution in [0, 0.1) is 6.92 Å². The van der Waals surface area contributed by atoms with Crippen molar-refractivity contribution >= 4 is 50.5 Å². The maximum Gasteiger partial charge on any atom is 0.257 e. The summed E-state index contributed by atoms with van der Waals surface area (Å²) in [4.78, 5) is 12.5. The van der Waals surface area contributed by atoms with E-state index in [4.69, 9.17) is 23.2 Å². The molecule has 1 aliphatic rings. The molecule has 0 spiro atoms. The number of carbonyl (C=O) groups excluding carboxylic acids is 1. The Morgan fingerprint density at radius 2 is 1.92 bits per heavy atom. The van der Waals surface area contributed by atoms with E-state index in [1.54, 1.807) is 30.3 Å². The predicted molar refractivity (Wildman–Crippen MR) is 101 cm³/mol. The third-order valence-corrected chi connectivity index (χ3v) is 6.45. The maximum absolute atomic E-state index is 12.5. The van der Waals surface area contributed by atoms with E-state index in [9.17, 15) is 13.2 Å². The summed E-state index contributed by atoms with van der Waals surface area (Å²) in [6, 6.07) is 9.82. The zero-order chi connectivity index (χ0) is 18.2. The lowest BCUT2D eigenvalue weighted by atomic mass is 10.1. The highest BCUT2D eigenvalue weighted by Crippen LogP contribution is 2.29. The standard InChI is InChI=1S/C17H16Cl2N2O3S/c1-11-3-5-13(21-7-2-8-25(21,23)24)10-16(11)20-17(22)14-6-4-12(18)9-15(14)19/h3-6,9-10H,2,7-8H2,1H3,(H,20,22). The van der Waals surface area contributed by atoms with Gasteiger partial charge in [0.25, 0.3) is 5.91 Å². The van der Waals surface area contributed by atoms with Crippen LogP contribution in [-0.4, -0.2) is 26.6 Å². The minimum Gasteiger partial charge on any atom is -0.322 e. The third kappa shape index (κ3) is 3.76. The molecule has 1 N–H and O–H groups in total. The van der Waals surface area contributed by atoms with Crippen LogP contribution in [0.25, 0.3) is 0 Å². The molecule has 8 heteroatoms. The van der Waals surface area contributed by atoms with Crippen molar-refractivity contribution in [3.8, 4) is 0 Å². The molecule has 0 saturated carbocycles. The Morgan fingerprint density at radius 1 is 1.16 bits per heavy atom. The van der Waals surface area contributed by atoms with E-state index in [1.807, 2.05) is 6.92 Å². The molecule has 0 atom stereocenters. The largest absolute Gasteiger partial charge is 0.322 e. The summed E-state index contributed by atoms with van der Waals surface area (Å²) < 4.78 is 25.5. The van der Waals surface area contributed by atoms with Crippen LogP contribution in [0.1, 0.15) is 22.3 Å². The lowest BCUT2D eigenvalue weighted by Crippen LogP contribution is -2.25. The predicted octanol–water partition coefficient (Wildman–Crippen LogP) is 4.09. The van der Waals surface area contributed by atoms with Crippen molar-refractivity contribution in [3.63, 3.8) is 0 Å². The zero-order valence-corrected chi connectivity index (χ0v) is 15.7. The van der Waals surface area contributed by atoms with Gasteiger partial charge in [0, 0.05) is 17.3 Å². The fourth-order valence-corrected chi connectivity index (χ4v) is 4.74. The van der Waals surface area contributed by atoms with Gasteiger partial charge in [-0.05, 0) is 49.2 Å². The van der Waals surface area contributed by atoms with E-state index in [0.717, 1.165) is 5.56 Å². The second-order valence-corrected chi connectivity index (χ2v) is 8.68. The number of sulfonamides is 1. The Kier molecular flexibility index (Phi) is 4.95. The summed E-state index contributed by atoms with van der Waals surface area (Å²) >= 11 is 11.9. The number of nitrogens with zero attached hydrogens (tertiary/aromatic N) is 1. The van der Waals surface area contributed by atoms with E-state index < -0.39 is 10.0 Å². The van der Waals surface area contributed by atoms with E-state index >= 15 is 0 Å². The second kappa shape index (κ2) is 6.86. The Morgan fingerprint density at radius 3 is 2.56 bits per heavy atom. The molecule has 2 aromatic rings. The number of benzene rings is 2. The van der Waals surface area contributed by atoms with Crippen LogP contribution in [0.5, 0.6) is 0 Å². The van der Waals surface area contributed by atoms with Crippen LogP contribution in [0.4, 0.5) is 11.4 Å². The van der Waals surface area contributed by atoms with Crippen molar-refractivity contribution in [2.45, 2.75) is 13.3 Å². The number of hydrogen-bond donors (Lipinski definition) is 1. The minimum atomic E-state index is -3.28. The molecular weight excluding hydrogens is 383 g/mol. The third-order valence-electron chi connectivity index (χ3n) is 4.03. The molecular formula is C17H16Cl2N2O3S. The Labute approximate surface area is 156 Å². The van der Waals surface area contributed by atoms with Crippen molar-refractivity contribution < 1.29 is 13.2 Å². The van der Waals surface area contributed by atoms with Crippen LogP contribution < -0.4 is 9.62 Å². The van der Waals surface area contributed by atoms with Gasteiger partial charge in [0.05, 0.1) is 22.0 Å². The van der Waals surface area contributed by atoms with Gasteiger partial charge in [-0.2, -0.15) is 0 Å². The molecule has 1 fully saturated rings. The topological polar surface area (TPSA) is 66.5 Å². The summed E-state index contributed by atoms with van der Waals surface area (Å²) in [5, 5.41) is 3.48. The molecule has 0 bridgehead atoms. The van der Waals surface area contributed by atoms with E-state index in [0.29, 0.717) is 34.9 Å². The van der Waals surface area contributed by atoms with Gasteiger partial charge in [-0.3, -0.25) is 9.10 Å². The van der Waals surface area contributed by atoms with Crippen LogP contribution in [0.3, 0.4) is 0 Å². The van der Waals surface area contributed by atoms with Crippen LogP contribution in [0.15, 0.2) is 36.4 Å². The summed E-state index contributed by atoms with van der Waals surface area (Å²) in [6.45, 7) is 2.28. The lowest BCUT2D eigenvalue weighted by Gasteiger charge is -2.19. The molecule has 0 aromatic heterocycles. The molecule has 1 amide bonds. The van der Waals surface area contributed by atoms with Crippen molar-refractivity contribution in [1.82, 2.24) is 0 Å². The molecule has 3 rings (SSSR count). The van der Waals surface area contributed by atoms with Gasteiger partial charge >= 0.3 is 0 Å². The molecule has 0 radical (unpaired) electrons. The Bertz CT molecular complexity index is 945. The maximum atomic E-state index is 12.5. The minimum absolute atomic E-state index is 0.142. The second-order valence-electron chi connectivity index (χ2n) is 5.82. The van der Waals surface area contributed by atoms with Gasteiger partial charge in [-0.15, -0.1) is 0 Å². The number of hydrogen-bond acceptors (Lipinski definition) is 3. The average Bonchev–Trinajstić information content (AvgIpc) is 2.88. The molecule has 0 unspecified atom stereocenters. The number of nitrogens with one attached hydrogen (secondary N) is 1. The van der Waals surface area contributed by atoms with Crippen molar-refractivity contribution in [3.05, 3.63) is 57.6 Å². The number of carbonyl (C=O) groups is 1. The Hall–Kier alpha value is -1.76. The van der Waals surface area contributed by atoms with Crippen LogP contribution in [-0.2, 0) is 10.0 Å². The summed E-state index contributed by atoms with van der Waals surface area (Å²) in [6.07, 6.45) is 0.596. The molecule has 132 valence electrons. The van der Waals surface area contributed by atoms with Gasteiger partial charge < -0.3 is 5.32 Å². The first kappa shape index (κ1) is 18.0. The van der Waals surface area contributed by atoms with E-state index in [-0.39, 0.29) is 16.7 Å². The van der Waals surface area contributed by atoms with Gasteiger partial charge in [0.1, 0.15) is 0 Å². The first-order valence-electron chi connectivity index (χ1n) is 7.65. The molecule has 1 saturated heterocycles. The fraction of sp³-hybridized carbons (Fsp3) is 0.235. The van der Waals surface area contributed by atoms with E-state index in [2.05, 4.69) is 5.32 Å². The number of aryl methyl sites for hydroxylation is 1. The molecule has 1 aliphatic heterocycles. The fourth-order valence-electron chi connectivity index (χ4n) is 2.69. The monoisotopic (exact) mass is 398 g/mol. The number of amides is 1. The zero-order valence-electron chi connectivity index (χ0n) is 13.4. The van der Waals surface area contributed by atoms with Crippen LogP contribution in [0.2, 0.25) is 10.0 Å². The first-order valence-corrected chi connectivity index (χ1v) is 10.0. The quantitative estimate of drug-likeness (QED) is 0.846. The Balaban J connectivity index is 1.90. The highest BCUT2D eigenvalue weighted by atomic mass is 35.5. The van der Waals surface area contributed by atoms with Gasteiger partial charge in [0.15, 0.2) is 0 Å². The number of anilines is 2. The van der Waals surface area contributed by atoms with Gasteiger partial charge in [-0.1, -0.05) is 29.3 Å². The summed E-state index contributed by atoms with van der Waals surface area (Å²) in [5.74, 6) is -0.241. The number of rotatable bonds is 3. The van der Waals surface area contributed by atoms with Gasteiger partial charge in [0.2, 0.25) is 10.0 Å². The summed E-state index contributed by atoms with van der Waals surface area (Å²) in [7, 11) is -3.28. The van der Waals surface area contributed by atoms with Crippen molar-refractivity contribution in [2.24, 2.45) is 0 Å². The molecule has 0 aliphatic carbocycles. The molecule has 1 heterocycles. The smallest absolute Gasteiger partial charge is 0.257 e. The average molecular weight is 399 g/mol. The summed E-state index contributed by atoms with van der Waals surface area (Å²) in [5.41, 5.74) is 2.19. The highest BCUT2D eigenvalue weighted by Gasteiger charge is 2.28. The molecule has 5 nitrogen and oxygen atoms in total. The molecule has 25 heavy (non-hydrogen) atoms. The highest BCUT2D eigenvalue weighted by molar-refractivity contribution is 7.93. The lowest BCUT2D eigenvalue weighted by molar-refractivity contribution is 0.102. The van der Waals surface area contributed by atoms with Crippen LogP contribution >= 0.6 is 23.2 Å². The number of halogens is 2. The molecule has 2 aromatic carbocycles. The SMILES string of the molecule is Cc1ccc(N2CCCS2(=O)=O)cc1NC(=O)c1ccc(Cl)cc1Cl. The normalized spacial score (nSPS) is 16.0. The van der Waals surface area contributed by atoms with Crippen molar-refractivity contribution in [1.29, 1.82) is 0 Å². The van der Waals surface area contributed by atoms with Crippen molar-refractivity contribution in [2.75, 3.05) is 21.9 Å². The first-order chi connectivity index (χ1) is 11.8.